The van der Waals surface area contributed by atoms with Crippen molar-refractivity contribution in [3.63, 3.8) is 0 Å². The van der Waals surface area contributed by atoms with Gasteiger partial charge in [-0.3, -0.25) is 0 Å². The maximum atomic E-state index is 6.45. The summed E-state index contributed by atoms with van der Waals surface area (Å²) in [7, 11) is 0. The summed E-state index contributed by atoms with van der Waals surface area (Å²) < 4.78 is 0. The number of nitrogens with zero attached hydrogens (tertiary/aromatic N) is 1. The van der Waals surface area contributed by atoms with E-state index in [0.29, 0.717) is 0 Å². The van der Waals surface area contributed by atoms with Gasteiger partial charge in [-0.2, -0.15) is 0 Å². The summed E-state index contributed by atoms with van der Waals surface area (Å²) in [5, 5.41) is 7.60. The van der Waals surface area contributed by atoms with Crippen molar-refractivity contribution >= 4 is 22.9 Å². The minimum Gasteiger partial charge on any atom is -0.310 e. The van der Waals surface area contributed by atoms with E-state index in [0.717, 1.165) is 35.0 Å². The number of hydrogen-bond acceptors (Lipinski definition) is 3. The van der Waals surface area contributed by atoms with Crippen molar-refractivity contribution in [2.24, 2.45) is 0 Å². The number of halogens is 1. The van der Waals surface area contributed by atoms with Gasteiger partial charge in [-0.15, -0.1) is 11.3 Å². The van der Waals surface area contributed by atoms with E-state index in [1.165, 1.54) is 5.56 Å². The van der Waals surface area contributed by atoms with E-state index in [1.54, 1.807) is 11.3 Å². The molecule has 1 N–H and O–H groups in total. The molecule has 2 aromatic rings. The predicted octanol–water partition coefficient (Wildman–Crippen LogP) is 4.39. The number of hydrogen-bond donors (Lipinski definition) is 1. The number of aromatic nitrogens is 1. The van der Waals surface area contributed by atoms with E-state index < -0.39 is 0 Å². The van der Waals surface area contributed by atoms with Crippen LogP contribution < -0.4 is 5.32 Å². The van der Waals surface area contributed by atoms with Crippen LogP contribution >= 0.6 is 22.9 Å². The summed E-state index contributed by atoms with van der Waals surface area (Å²) in [6.07, 6.45) is 3.85. The third-order valence-corrected chi connectivity index (χ3v) is 4.42. The lowest BCUT2D eigenvalue weighted by molar-refractivity contribution is 0.528. The van der Waals surface area contributed by atoms with E-state index in [2.05, 4.69) is 29.4 Å². The highest BCUT2D eigenvalue weighted by Crippen LogP contribution is 2.28. The average Bonchev–Trinajstić information content (AvgIpc) is 2.91. The molecule has 0 spiro atoms. The Hall–Kier alpha value is -0.900. The van der Waals surface area contributed by atoms with Gasteiger partial charge >= 0.3 is 0 Å². The molecule has 1 aromatic carbocycles. The molecule has 0 fully saturated rings. The predicted molar refractivity (Wildman–Crippen MR) is 83.0 cm³/mol. The SMILES string of the molecule is CCCNC(Cc1nccs1)c1cccc(C)c1Cl. The molecular formula is C15H19ClN2S. The molecule has 4 heteroatoms. The Morgan fingerprint density at radius 1 is 1.42 bits per heavy atom. The van der Waals surface area contributed by atoms with Crippen molar-refractivity contribution in [1.82, 2.24) is 10.3 Å². The first-order chi connectivity index (χ1) is 9.22. The fraction of sp³-hybridized carbons (Fsp3) is 0.400. The van der Waals surface area contributed by atoms with Crippen molar-refractivity contribution < 1.29 is 0 Å². The molecule has 0 saturated carbocycles. The Kier molecular flexibility index (Phi) is 5.37. The van der Waals surface area contributed by atoms with Crippen LogP contribution in [-0.2, 0) is 6.42 Å². The molecule has 1 unspecified atom stereocenters. The van der Waals surface area contributed by atoms with Gasteiger partial charge in [0, 0.05) is 29.1 Å². The molecule has 0 radical (unpaired) electrons. The Morgan fingerprint density at radius 2 is 2.26 bits per heavy atom. The molecule has 2 rings (SSSR count). The first-order valence-electron chi connectivity index (χ1n) is 6.59. The quantitative estimate of drug-likeness (QED) is 0.855. The fourth-order valence-electron chi connectivity index (χ4n) is 2.08. The molecule has 0 aliphatic rings. The second-order valence-corrected chi connectivity index (χ2v) is 5.97. The normalized spacial score (nSPS) is 12.6. The van der Waals surface area contributed by atoms with Crippen molar-refractivity contribution in [1.29, 1.82) is 0 Å². The topological polar surface area (TPSA) is 24.9 Å². The maximum Gasteiger partial charge on any atom is 0.0943 e. The molecule has 0 aliphatic carbocycles. The Balaban J connectivity index is 2.23. The Labute approximate surface area is 123 Å². The number of benzene rings is 1. The van der Waals surface area contributed by atoms with Crippen LogP contribution in [0.4, 0.5) is 0 Å². The fourth-order valence-corrected chi connectivity index (χ4v) is 3.00. The van der Waals surface area contributed by atoms with E-state index in [9.17, 15) is 0 Å². The Morgan fingerprint density at radius 3 is 2.95 bits per heavy atom. The van der Waals surface area contributed by atoms with Crippen molar-refractivity contribution in [2.45, 2.75) is 32.7 Å². The zero-order valence-electron chi connectivity index (χ0n) is 11.3. The van der Waals surface area contributed by atoms with E-state index in [-0.39, 0.29) is 6.04 Å². The molecule has 0 amide bonds. The average molecular weight is 295 g/mol. The zero-order valence-corrected chi connectivity index (χ0v) is 12.9. The van der Waals surface area contributed by atoms with Crippen molar-refractivity contribution in [2.75, 3.05) is 6.54 Å². The molecule has 1 aromatic heterocycles. The van der Waals surface area contributed by atoms with Crippen LogP contribution in [0.3, 0.4) is 0 Å². The maximum absolute atomic E-state index is 6.45. The van der Waals surface area contributed by atoms with Crippen LogP contribution in [0.1, 0.15) is 35.5 Å². The van der Waals surface area contributed by atoms with Crippen LogP contribution in [0.15, 0.2) is 29.8 Å². The highest BCUT2D eigenvalue weighted by atomic mass is 35.5. The first kappa shape index (κ1) is 14.5. The molecular weight excluding hydrogens is 276 g/mol. The summed E-state index contributed by atoms with van der Waals surface area (Å²) in [4.78, 5) is 4.38. The van der Waals surface area contributed by atoms with Gasteiger partial charge in [-0.05, 0) is 31.0 Å². The van der Waals surface area contributed by atoms with E-state index in [4.69, 9.17) is 11.6 Å². The lowest BCUT2D eigenvalue weighted by atomic mass is 10.0. The number of aryl methyl sites for hydroxylation is 1. The van der Waals surface area contributed by atoms with Gasteiger partial charge in [0.05, 0.1) is 5.01 Å². The molecule has 0 bridgehead atoms. The van der Waals surface area contributed by atoms with Gasteiger partial charge in [0.2, 0.25) is 0 Å². The second kappa shape index (κ2) is 7.04. The second-order valence-electron chi connectivity index (χ2n) is 4.61. The third kappa shape index (κ3) is 3.78. The highest BCUT2D eigenvalue weighted by molar-refractivity contribution is 7.09. The molecule has 19 heavy (non-hydrogen) atoms. The number of thiazole rings is 1. The van der Waals surface area contributed by atoms with Crippen LogP contribution in [0.5, 0.6) is 0 Å². The van der Waals surface area contributed by atoms with Crippen molar-refractivity contribution in [3.8, 4) is 0 Å². The highest BCUT2D eigenvalue weighted by Gasteiger charge is 2.16. The molecule has 1 heterocycles. The third-order valence-electron chi connectivity index (χ3n) is 3.10. The minimum atomic E-state index is 0.235. The lowest BCUT2D eigenvalue weighted by Crippen LogP contribution is -2.24. The molecule has 1 atom stereocenters. The number of nitrogens with one attached hydrogen (secondary N) is 1. The molecule has 0 saturated heterocycles. The summed E-state index contributed by atoms with van der Waals surface area (Å²) in [5.41, 5.74) is 2.30. The van der Waals surface area contributed by atoms with E-state index >= 15 is 0 Å². The molecule has 2 nitrogen and oxygen atoms in total. The Bertz CT molecular complexity index is 511. The summed E-state index contributed by atoms with van der Waals surface area (Å²) in [6, 6.07) is 6.46. The first-order valence-corrected chi connectivity index (χ1v) is 7.85. The smallest absolute Gasteiger partial charge is 0.0943 e. The summed E-state index contributed by atoms with van der Waals surface area (Å²) in [5.74, 6) is 0. The van der Waals surface area contributed by atoms with Gasteiger partial charge in [-0.1, -0.05) is 36.7 Å². The van der Waals surface area contributed by atoms with Crippen LogP contribution in [0, 0.1) is 6.92 Å². The van der Waals surface area contributed by atoms with Crippen LogP contribution in [0.2, 0.25) is 5.02 Å². The van der Waals surface area contributed by atoms with Gasteiger partial charge in [0.15, 0.2) is 0 Å². The van der Waals surface area contributed by atoms with Crippen LogP contribution in [0.25, 0.3) is 0 Å². The van der Waals surface area contributed by atoms with Crippen molar-refractivity contribution in [3.05, 3.63) is 50.9 Å². The minimum absolute atomic E-state index is 0.235. The standard InChI is InChI=1S/C15H19ClN2S/c1-3-7-17-13(10-14-18-8-9-19-14)12-6-4-5-11(2)15(12)16/h4-6,8-9,13,17H,3,7,10H2,1-2H3. The zero-order chi connectivity index (χ0) is 13.7. The van der Waals surface area contributed by atoms with E-state index in [1.807, 2.05) is 24.6 Å². The molecule has 102 valence electrons. The van der Waals surface area contributed by atoms with Gasteiger partial charge < -0.3 is 5.32 Å². The lowest BCUT2D eigenvalue weighted by Gasteiger charge is -2.20. The van der Waals surface area contributed by atoms with Gasteiger partial charge in [0.1, 0.15) is 0 Å². The number of rotatable bonds is 6. The monoisotopic (exact) mass is 294 g/mol. The van der Waals surface area contributed by atoms with Gasteiger partial charge in [0.25, 0.3) is 0 Å². The summed E-state index contributed by atoms with van der Waals surface area (Å²) in [6.45, 7) is 5.21. The largest absolute Gasteiger partial charge is 0.310 e. The summed E-state index contributed by atoms with van der Waals surface area (Å²) >= 11 is 8.15. The molecule has 0 aliphatic heterocycles. The van der Waals surface area contributed by atoms with Gasteiger partial charge in [-0.25, -0.2) is 4.98 Å². The van der Waals surface area contributed by atoms with Crippen LogP contribution in [-0.4, -0.2) is 11.5 Å².